The molecule has 0 radical (unpaired) electrons. The number of rotatable bonds is 5. The number of thiophene rings is 2. The van der Waals surface area contributed by atoms with E-state index in [0.717, 1.165) is 11.4 Å². The van der Waals surface area contributed by atoms with Gasteiger partial charge in [0.1, 0.15) is 0 Å². The molecule has 49 heavy (non-hydrogen) atoms. The summed E-state index contributed by atoms with van der Waals surface area (Å²) in [5, 5.41) is 7.73. The van der Waals surface area contributed by atoms with Crippen molar-refractivity contribution in [1.29, 1.82) is 0 Å². The predicted molar refractivity (Wildman–Crippen MR) is 215 cm³/mol. The summed E-state index contributed by atoms with van der Waals surface area (Å²) in [5.74, 6) is 0. The molecule has 2 aromatic heterocycles. The van der Waals surface area contributed by atoms with Crippen molar-refractivity contribution in [3.63, 3.8) is 0 Å². The molecule has 0 saturated heterocycles. The minimum absolute atomic E-state index is 1.13. The molecule has 0 N–H and O–H groups in total. The summed E-state index contributed by atoms with van der Waals surface area (Å²) in [6.07, 6.45) is 0. The Balaban J connectivity index is 1.17. The molecule has 0 bridgehead atoms. The van der Waals surface area contributed by atoms with Crippen LogP contribution in [0, 0.1) is 0 Å². The van der Waals surface area contributed by atoms with E-state index in [1.807, 2.05) is 22.7 Å². The van der Waals surface area contributed by atoms with Gasteiger partial charge in [-0.05, 0) is 87.6 Å². The van der Waals surface area contributed by atoms with Crippen LogP contribution in [0.25, 0.3) is 73.4 Å². The lowest BCUT2D eigenvalue weighted by molar-refractivity contribution is 1.31. The van der Waals surface area contributed by atoms with Gasteiger partial charge in [-0.1, -0.05) is 121 Å². The Kier molecular flexibility index (Phi) is 6.61. The number of hydrogen-bond donors (Lipinski definition) is 0. The molecule has 10 rings (SSSR count). The van der Waals surface area contributed by atoms with Crippen molar-refractivity contribution >= 4 is 90.9 Å². The second-order valence-corrected chi connectivity index (χ2v) is 14.7. The zero-order valence-electron chi connectivity index (χ0n) is 26.5. The number of fused-ring (bicyclic) bond motifs is 7. The maximum atomic E-state index is 2.44. The SMILES string of the molecule is c1ccc(-c2ccc(N(c3ccc(-c4ccc5sc6ccccc6c5c4)cc3)c3ccc4ccccc4c3)c3sc4ccccc4c23)cc1. The van der Waals surface area contributed by atoms with Gasteiger partial charge in [0, 0.05) is 47.0 Å². The fourth-order valence-corrected chi connectivity index (χ4v) is 9.62. The molecule has 0 aliphatic rings. The van der Waals surface area contributed by atoms with Crippen molar-refractivity contribution in [1.82, 2.24) is 0 Å². The Bertz CT molecular complexity index is 2830. The molecule has 10 aromatic rings. The molecule has 0 unspecified atom stereocenters. The zero-order valence-corrected chi connectivity index (χ0v) is 28.1. The van der Waals surface area contributed by atoms with E-state index >= 15 is 0 Å². The number of anilines is 3. The van der Waals surface area contributed by atoms with E-state index in [9.17, 15) is 0 Å². The van der Waals surface area contributed by atoms with Gasteiger partial charge in [-0.2, -0.15) is 0 Å². The van der Waals surface area contributed by atoms with Crippen molar-refractivity contribution in [2.45, 2.75) is 0 Å². The molecule has 230 valence electrons. The fourth-order valence-electron chi connectivity index (χ4n) is 7.30. The van der Waals surface area contributed by atoms with Crippen LogP contribution >= 0.6 is 22.7 Å². The van der Waals surface area contributed by atoms with Crippen molar-refractivity contribution in [3.05, 3.63) is 176 Å². The first-order valence-corrected chi connectivity index (χ1v) is 18.2. The van der Waals surface area contributed by atoms with Crippen LogP contribution in [0.5, 0.6) is 0 Å². The van der Waals surface area contributed by atoms with E-state index in [2.05, 4.69) is 181 Å². The molecule has 0 aliphatic carbocycles. The molecule has 0 spiro atoms. The Hall–Kier alpha value is -5.74. The van der Waals surface area contributed by atoms with Crippen molar-refractivity contribution in [3.8, 4) is 22.3 Å². The van der Waals surface area contributed by atoms with Gasteiger partial charge < -0.3 is 4.90 Å². The highest BCUT2D eigenvalue weighted by Gasteiger charge is 2.21. The van der Waals surface area contributed by atoms with Gasteiger partial charge in [0.15, 0.2) is 0 Å². The maximum Gasteiger partial charge on any atom is 0.0640 e. The third-order valence-electron chi connectivity index (χ3n) is 9.66. The van der Waals surface area contributed by atoms with Gasteiger partial charge in [0.05, 0.1) is 10.4 Å². The summed E-state index contributed by atoms with van der Waals surface area (Å²) in [4.78, 5) is 2.44. The molecular weight excluding hydrogens is 631 g/mol. The average molecular weight is 660 g/mol. The van der Waals surface area contributed by atoms with Gasteiger partial charge in [-0.15, -0.1) is 22.7 Å². The smallest absolute Gasteiger partial charge is 0.0640 e. The van der Waals surface area contributed by atoms with E-state index in [1.165, 1.54) is 79.1 Å². The third-order valence-corrected chi connectivity index (χ3v) is 12.0. The molecule has 0 saturated carbocycles. The molecule has 3 heteroatoms. The summed E-state index contributed by atoms with van der Waals surface area (Å²) in [6, 6.07) is 64.4. The highest BCUT2D eigenvalue weighted by atomic mass is 32.1. The monoisotopic (exact) mass is 659 g/mol. The van der Waals surface area contributed by atoms with E-state index in [0.29, 0.717) is 0 Å². The van der Waals surface area contributed by atoms with Gasteiger partial charge in [-0.25, -0.2) is 0 Å². The highest BCUT2D eigenvalue weighted by molar-refractivity contribution is 7.26. The lowest BCUT2D eigenvalue weighted by Crippen LogP contribution is -2.10. The Labute approximate surface area is 292 Å². The summed E-state index contributed by atoms with van der Waals surface area (Å²) in [5.41, 5.74) is 8.41. The zero-order chi connectivity index (χ0) is 32.3. The molecule has 0 fully saturated rings. The minimum Gasteiger partial charge on any atom is -0.309 e. The average Bonchev–Trinajstić information content (AvgIpc) is 3.74. The van der Waals surface area contributed by atoms with Gasteiger partial charge >= 0.3 is 0 Å². The fraction of sp³-hybridized carbons (Fsp3) is 0. The van der Waals surface area contributed by atoms with E-state index in [4.69, 9.17) is 0 Å². The van der Waals surface area contributed by atoms with Crippen LogP contribution in [0.4, 0.5) is 17.1 Å². The molecule has 2 heterocycles. The van der Waals surface area contributed by atoms with Crippen LogP contribution < -0.4 is 4.90 Å². The number of benzene rings is 8. The van der Waals surface area contributed by atoms with Crippen molar-refractivity contribution in [2.24, 2.45) is 0 Å². The Morgan fingerprint density at radius 1 is 0.367 bits per heavy atom. The normalized spacial score (nSPS) is 11.7. The largest absolute Gasteiger partial charge is 0.309 e. The molecule has 0 atom stereocenters. The van der Waals surface area contributed by atoms with Crippen molar-refractivity contribution in [2.75, 3.05) is 4.90 Å². The highest BCUT2D eigenvalue weighted by Crippen LogP contribution is 2.48. The Morgan fingerprint density at radius 3 is 1.86 bits per heavy atom. The molecule has 1 nitrogen and oxygen atoms in total. The number of nitrogens with zero attached hydrogens (tertiary/aromatic N) is 1. The first-order valence-electron chi connectivity index (χ1n) is 16.6. The summed E-state index contributed by atoms with van der Waals surface area (Å²) in [6.45, 7) is 0. The molecule has 0 aliphatic heterocycles. The van der Waals surface area contributed by atoms with E-state index in [1.54, 1.807) is 0 Å². The molecule has 0 amide bonds. The van der Waals surface area contributed by atoms with Crippen LogP contribution in [0.3, 0.4) is 0 Å². The van der Waals surface area contributed by atoms with Gasteiger partial charge in [0.25, 0.3) is 0 Å². The molecule has 8 aromatic carbocycles. The minimum atomic E-state index is 1.13. The summed E-state index contributed by atoms with van der Waals surface area (Å²) in [7, 11) is 0. The standard InChI is InChI=1S/C46H29NS2/c1-2-11-32(12-3-1)37-25-26-41(46-45(37)39-15-7-9-17-43(39)49-46)47(36-24-20-30-10-4-5-13-33(30)28-36)35-22-18-31(19-23-35)34-21-27-44-40(29-34)38-14-6-8-16-42(38)48-44/h1-29H. The van der Waals surface area contributed by atoms with E-state index < -0.39 is 0 Å². The first kappa shape index (κ1) is 28.3. The molecular formula is C46H29NS2. The van der Waals surface area contributed by atoms with Crippen LogP contribution in [0.1, 0.15) is 0 Å². The first-order chi connectivity index (χ1) is 24.3. The second-order valence-electron chi connectivity index (χ2n) is 12.5. The van der Waals surface area contributed by atoms with Crippen molar-refractivity contribution < 1.29 is 0 Å². The lowest BCUT2D eigenvalue weighted by atomic mass is 9.98. The van der Waals surface area contributed by atoms with Crippen LogP contribution in [0.2, 0.25) is 0 Å². The van der Waals surface area contributed by atoms with E-state index in [-0.39, 0.29) is 0 Å². The maximum absolute atomic E-state index is 2.44. The quantitative estimate of drug-likeness (QED) is 0.178. The number of hydrogen-bond acceptors (Lipinski definition) is 3. The third kappa shape index (κ3) is 4.74. The van der Waals surface area contributed by atoms with Crippen LogP contribution in [-0.4, -0.2) is 0 Å². The van der Waals surface area contributed by atoms with Gasteiger partial charge in [-0.3, -0.25) is 0 Å². The summed E-state index contributed by atoms with van der Waals surface area (Å²) < 4.78 is 5.25. The summed E-state index contributed by atoms with van der Waals surface area (Å²) >= 11 is 3.74. The van der Waals surface area contributed by atoms with Crippen LogP contribution in [-0.2, 0) is 0 Å². The Morgan fingerprint density at radius 2 is 1.02 bits per heavy atom. The predicted octanol–water partition coefficient (Wildman–Crippen LogP) is 14.4. The van der Waals surface area contributed by atoms with Gasteiger partial charge in [0.2, 0.25) is 0 Å². The topological polar surface area (TPSA) is 3.24 Å². The van der Waals surface area contributed by atoms with Crippen LogP contribution in [0.15, 0.2) is 176 Å². The lowest BCUT2D eigenvalue weighted by Gasteiger charge is -2.27. The second kappa shape index (κ2) is 11.5.